The van der Waals surface area contributed by atoms with Gasteiger partial charge in [-0.1, -0.05) is 31.5 Å². The minimum atomic E-state index is -0.0443. The van der Waals surface area contributed by atoms with Gasteiger partial charge in [0.15, 0.2) is 0 Å². The minimum absolute atomic E-state index is 0.0300. The first kappa shape index (κ1) is 16.0. The van der Waals surface area contributed by atoms with Crippen LogP contribution in [0.2, 0.25) is 0 Å². The van der Waals surface area contributed by atoms with Crippen LogP contribution in [0.15, 0.2) is 24.3 Å². The highest BCUT2D eigenvalue weighted by molar-refractivity contribution is 5.32. The summed E-state index contributed by atoms with van der Waals surface area (Å²) in [6.07, 6.45) is 4.26. The molecule has 108 valence electrons. The molecule has 7 N–H and O–H groups in total. The summed E-state index contributed by atoms with van der Waals surface area (Å²) in [5.74, 6) is 0.300. The van der Waals surface area contributed by atoms with E-state index < -0.39 is 0 Å². The first-order valence-corrected chi connectivity index (χ1v) is 7.06. The molecule has 4 heteroatoms. The Labute approximate surface area is 116 Å². The molecule has 0 amide bonds. The zero-order valence-electron chi connectivity index (χ0n) is 11.8. The van der Waals surface area contributed by atoms with Crippen LogP contribution in [0.4, 0.5) is 0 Å². The van der Waals surface area contributed by atoms with E-state index in [1.54, 1.807) is 12.1 Å². The van der Waals surface area contributed by atoms with Crippen LogP contribution in [0, 0.1) is 0 Å². The second-order valence-electron chi connectivity index (χ2n) is 5.37. The average Bonchev–Trinajstić information content (AvgIpc) is 2.31. The van der Waals surface area contributed by atoms with Gasteiger partial charge in [-0.2, -0.15) is 0 Å². The van der Waals surface area contributed by atoms with Gasteiger partial charge in [0.1, 0.15) is 5.75 Å². The van der Waals surface area contributed by atoms with Gasteiger partial charge in [-0.15, -0.1) is 0 Å². The molecule has 0 heterocycles. The lowest BCUT2D eigenvalue weighted by Gasteiger charge is -2.20. The van der Waals surface area contributed by atoms with Gasteiger partial charge in [-0.05, 0) is 37.3 Å². The van der Waals surface area contributed by atoms with Gasteiger partial charge >= 0.3 is 0 Å². The van der Waals surface area contributed by atoms with Crippen molar-refractivity contribution < 1.29 is 5.11 Å². The Bertz CT molecular complexity index is 370. The largest absolute Gasteiger partial charge is 0.508 e. The summed E-state index contributed by atoms with van der Waals surface area (Å²) in [5.41, 5.74) is 19.0. The molecular weight excluding hydrogens is 238 g/mol. The summed E-state index contributed by atoms with van der Waals surface area (Å²) >= 11 is 0. The molecule has 0 aliphatic carbocycles. The minimum Gasteiger partial charge on any atom is -0.508 e. The molecule has 0 radical (unpaired) electrons. The van der Waals surface area contributed by atoms with Gasteiger partial charge in [0.25, 0.3) is 0 Å². The summed E-state index contributed by atoms with van der Waals surface area (Å²) in [4.78, 5) is 0. The van der Waals surface area contributed by atoms with Crippen LogP contribution in [-0.2, 0) is 6.42 Å². The smallest absolute Gasteiger partial charge is 0.118 e. The van der Waals surface area contributed by atoms with Crippen molar-refractivity contribution in [3.8, 4) is 5.75 Å². The third-order valence-corrected chi connectivity index (χ3v) is 3.34. The Morgan fingerprint density at radius 2 is 1.63 bits per heavy atom. The van der Waals surface area contributed by atoms with E-state index in [4.69, 9.17) is 17.2 Å². The second kappa shape index (κ2) is 8.15. The molecule has 4 nitrogen and oxygen atoms in total. The first-order valence-electron chi connectivity index (χ1n) is 7.06. The summed E-state index contributed by atoms with van der Waals surface area (Å²) in [5, 5.41) is 9.70. The summed E-state index contributed by atoms with van der Waals surface area (Å²) < 4.78 is 0. The maximum atomic E-state index is 9.70. The van der Waals surface area contributed by atoms with E-state index in [2.05, 4.69) is 6.92 Å². The molecule has 0 aliphatic rings. The lowest BCUT2D eigenvalue weighted by atomic mass is 9.95. The summed E-state index contributed by atoms with van der Waals surface area (Å²) in [7, 11) is 0. The molecule has 0 saturated carbocycles. The number of phenols is 1. The highest BCUT2D eigenvalue weighted by Crippen LogP contribution is 2.18. The topological polar surface area (TPSA) is 98.3 Å². The van der Waals surface area contributed by atoms with Crippen molar-refractivity contribution >= 4 is 0 Å². The summed E-state index contributed by atoms with van der Waals surface area (Å²) in [6.45, 7) is 2.12. The fourth-order valence-corrected chi connectivity index (χ4v) is 2.41. The molecule has 0 spiro atoms. The SMILES string of the molecule is CCCC(N)CC(N)CC(N)Cc1ccccc1O. The molecule has 0 fully saturated rings. The number of para-hydroxylation sites is 1. The molecule has 0 aromatic heterocycles. The van der Waals surface area contributed by atoms with Crippen molar-refractivity contribution in [3.63, 3.8) is 0 Å². The van der Waals surface area contributed by atoms with Crippen molar-refractivity contribution in [2.24, 2.45) is 17.2 Å². The predicted octanol–water partition coefficient (Wildman–Crippen LogP) is 1.50. The summed E-state index contributed by atoms with van der Waals surface area (Å²) in [6, 6.07) is 7.43. The van der Waals surface area contributed by atoms with E-state index in [9.17, 15) is 5.11 Å². The number of benzene rings is 1. The number of nitrogens with two attached hydrogens (primary N) is 3. The quantitative estimate of drug-likeness (QED) is 0.572. The van der Waals surface area contributed by atoms with Crippen molar-refractivity contribution in [1.29, 1.82) is 0 Å². The Morgan fingerprint density at radius 3 is 2.26 bits per heavy atom. The van der Waals surface area contributed by atoms with Crippen LogP contribution < -0.4 is 17.2 Å². The maximum absolute atomic E-state index is 9.70. The normalized spacial score (nSPS) is 16.0. The number of phenolic OH excluding ortho intramolecular Hbond substituents is 1. The number of rotatable bonds is 8. The molecule has 0 saturated heterocycles. The van der Waals surface area contributed by atoms with Crippen molar-refractivity contribution in [2.45, 2.75) is 57.2 Å². The Balaban J connectivity index is 2.38. The Morgan fingerprint density at radius 1 is 1.00 bits per heavy atom. The Kier molecular flexibility index (Phi) is 6.84. The van der Waals surface area contributed by atoms with Gasteiger partial charge in [0.2, 0.25) is 0 Å². The van der Waals surface area contributed by atoms with Crippen molar-refractivity contribution in [3.05, 3.63) is 29.8 Å². The van der Waals surface area contributed by atoms with E-state index in [0.717, 1.165) is 31.2 Å². The second-order valence-corrected chi connectivity index (χ2v) is 5.37. The maximum Gasteiger partial charge on any atom is 0.118 e. The van der Waals surface area contributed by atoms with Gasteiger partial charge in [-0.25, -0.2) is 0 Å². The zero-order valence-corrected chi connectivity index (χ0v) is 11.8. The standard InChI is InChI=1S/C15H27N3O/c1-2-5-12(16)9-14(18)10-13(17)8-11-6-3-4-7-15(11)19/h3-4,6-7,12-14,19H,2,5,8-10,16-18H2,1H3. The molecule has 1 aromatic rings. The van der Waals surface area contributed by atoms with Crippen LogP contribution in [0.3, 0.4) is 0 Å². The van der Waals surface area contributed by atoms with Crippen LogP contribution in [0.1, 0.15) is 38.2 Å². The molecular formula is C15H27N3O. The van der Waals surface area contributed by atoms with Crippen molar-refractivity contribution in [2.75, 3.05) is 0 Å². The molecule has 1 rings (SSSR count). The van der Waals surface area contributed by atoms with Gasteiger partial charge in [0, 0.05) is 18.1 Å². The number of hydrogen-bond acceptors (Lipinski definition) is 4. The van der Waals surface area contributed by atoms with Gasteiger partial charge < -0.3 is 22.3 Å². The monoisotopic (exact) mass is 265 g/mol. The van der Waals surface area contributed by atoms with Gasteiger partial charge in [0.05, 0.1) is 0 Å². The fraction of sp³-hybridized carbons (Fsp3) is 0.600. The fourth-order valence-electron chi connectivity index (χ4n) is 2.41. The van der Waals surface area contributed by atoms with E-state index in [1.807, 2.05) is 12.1 Å². The molecule has 0 bridgehead atoms. The average molecular weight is 265 g/mol. The highest BCUT2D eigenvalue weighted by atomic mass is 16.3. The lowest BCUT2D eigenvalue weighted by Crippen LogP contribution is -2.37. The predicted molar refractivity (Wildman–Crippen MR) is 79.9 cm³/mol. The van der Waals surface area contributed by atoms with Crippen LogP contribution in [0.25, 0.3) is 0 Å². The molecule has 3 atom stereocenters. The van der Waals surface area contributed by atoms with Crippen molar-refractivity contribution in [1.82, 2.24) is 0 Å². The number of aromatic hydroxyl groups is 1. The van der Waals surface area contributed by atoms with Crippen LogP contribution in [-0.4, -0.2) is 23.2 Å². The van der Waals surface area contributed by atoms with E-state index >= 15 is 0 Å². The third-order valence-electron chi connectivity index (χ3n) is 3.34. The lowest BCUT2D eigenvalue weighted by molar-refractivity contribution is 0.431. The Hall–Kier alpha value is -1.10. The van der Waals surface area contributed by atoms with E-state index in [-0.39, 0.29) is 18.1 Å². The number of hydrogen-bond donors (Lipinski definition) is 4. The van der Waals surface area contributed by atoms with Crippen LogP contribution in [0.5, 0.6) is 5.75 Å². The van der Waals surface area contributed by atoms with E-state index in [0.29, 0.717) is 12.2 Å². The van der Waals surface area contributed by atoms with Gasteiger partial charge in [-0.3, -0.25) is 0 Å². The third kappa shape index (κ3) is 6.05. The molecule has 19 heavy (non-hydrogen) atoms. The molecule has 1 aromatic carbocycles. The highest BCUT2D eigenvalue weighted by Gasteiger charge is 2.14. The van der Waals surface area contributed by atoms with E-state index in [1.165, 1.54) is 0 Å². The van der Waals surface area contributed by atoms with Crippen LogP contribution >= 0.6 is 0 Å². The zero-order chi connectivity index (χ0) is 14.3. The molecule has 0 aliphatic heterocycles. The molecule has 3 unspecified atom stereocenters. The first-order chi connectivity index (χ1) is 9.02.